The van der Waals surface area contributed by atoms with Crippen LogP contribution in [0.2, 0.25) is 0 Å². The van der Waals surface area contributed by atoms with Crippen LogP contribution in [-0.4, -0.2) is 35.1 Å². The summed E-state index contributed by atoms with van der Waals surface area (Å²) in [5.74, 6) is 0.740. The highest BCUT2D eigenvalue weighted by atomic mass is 16.3. The molecule has 0 radical (unpaired) electrons. The van der Waals surface area contributed by atoms with E-state index in [1.165, 1.54) is 0 Å². The smallest absolute Gasteiger partial charge is 0.139 e. The molecule has 1 saturated heterocycles. The minimum atomic E-state index is -0.314. The van der Waals surface area contributed by atoms with Crippen LogP contribution in [-0.2, 0) is 0 Å². The molecule has 1 aliphatic heterocycles. The first-order valence-electron chi connectivity index (χ1n) is 5.83. The lowest BCUT2D eigenvalue weighted by Crippen LogP contribution is -2.40. The molecule has 1 aliphatic rings. The van der Waals surface area contributed by atoms with Crippen molar-refractivity contribution in [1.29, 1.82) is 5.41 Å². The molecule has 92 valence electrons. The van der Waals surface area contributed by atoms with E-state index in [1.54, 1.807) is 0 Å². The van der Waals surface area contributed by atoms with Gasteiger partial charge in [0, 0.05) is 18.8 Å². The minimum absolute atomic E-state index is 0.0209. The number of aliphatic hydroxyl groups excluding tert-OH is 1. The standard InChI is InChI=1S/C12H18N4O/c1-8-4-5-10(11(13)14)12(15-8)16-6-2-3-9(17)7-16/h4-5,9,17H,2-3,6-7H2,1H3,(H3,13,14). The molecule has 1 fully saturated rings. The van der Waals surface area contributed by atoms with Crippen LogP contribution < -0.4 is 10.6 Å². The van der Waals surface area contributed by atoms with Gasteiger partial charge in [-0.3, -0.25) is 5.41 Å². The Morgan fingerprint density at radius 2 is 2.35 bits per heavy atom. The minimum Gasteiger partial charge on any atom is -0.391 e. The second kappa shape index (κ2) is 4.71. The van der Waals surface area contributed by atoms with E-state index in [0.717, 1.165) is 30.9 Å². The maximum absolute atomic E-state index is 9.69. The van der Waals surface area contributed by atoms with Crippen molar-refractivity contribution in [2.75, 3.05) is 18.0 Å². The maximum atomic E-state index is 9.69. The Balaban J connectivity index is 2.35. The zero-order chi connectivity index (χ0) is 12.4. The quantitative estimate of drug-likeness (QED) is 0.517. The second-order valence-electron chi connectivity index (χ2n) is 4.48. The van der Waals surface area contributed by atoms with Gasteiger partial charge in [-0.1, -0.05) is 0 Å². The van der Waals surface area contributed by atoms with Crippen molar-refractivity contribution < 1.29 is 5.11 Å². The Morgan fingerprint density at radius 3 is 3.00 bits per heavy atom. The first-order valence-corrected chi connectivity index (χ1v) is 5.83. The molecule has 5 nitrogen and oxygen atoms in total. The van der Waals surface area contributed by atoms with Crippen molar-refractivity contribution in [3.05, 3.63) is 23.4 Å². The average molecular weight is 234 g/mol. The fourth-order valence-corrected chi connectivity index (χ4v) is 2.14. The van der Waals surface area contributed by atoms with Crippen LogP contribution in [0.1, 0.15) is 24.1 Å². The Bertz CT molecular complexity index is 433. The van der Waals surface area contributed by atoms with E-state index in [1.807, 2.05) is 24.0 Å². The number of hydrogen-bond acceptors (Lipinski definition) is 4. The summed E-state index contributed by atoms with van der Waals surface area (Å²) in [6.07, 6.45) is 1.46. The molecule has 1 unspecified atom stereocenters. The molecule has 17 heavy (non-hydrogen) atoms. The lowest BCUT2D eigenvalue weighted by atomic mass is 10.1. The van der Waals surface area contributed by atoms with Crippen molar-refractivity contribution in [3.8, 4) is 0 Å². The number of nitrogens with one attached hydrogen (secondary N) is 1. The SMILES string of the molecule is Cc1ccc(C(=N)N)c(N2CCCC(O)C2)n1. The monoisotopic (exact) mass is 234 g/mol. The average Bonchev–Trinajstić information content (AvgIpc) is 2.28. The van der Waals surface area contributed by atoms with E-state index in [4.69, 9.17) is 11.1 Å². The summed E-state index contributed by atoms with van der Waals surface area (Å²) in [7, 11) is 0. The van der Waals surface area contributed by atoms with E-state index in [2.05, 4.69) is 4.98 Å². The van der Waals surface area contributed by atoms with Crippen LogP contribution in [0.4, 0.5) is 5.82 Å². The summed E-state index contributed by atoms with van der Waals surface area (Å²) in [6, 6.07) is 3.67. The zero-order valence-electron chi connectivity index (χ0n) is 9.98. The van der Waals surface area contributed by atoms with Gasteiger partial charge in [0.15, 0.2) is 0 Å². The number of pyridine rings is 1. The highest BCUT2D eigenvalue weighted by molar-refractivity contribution is 5.99. The van der Waals surface area contributed by atoms with Crippen LogP contribution in [0, 0.1) is 12.3 Å². The molecule has 1 atom stereocenters. The van der Waals surface area contributed by atoms with Crippen LogP contribution in [0.25, 0.3) is 0 Å². The number of nitrogens with two attached hydrogens (primary N) is 1. The summed E-state index contributed by atoms with van der Waals surface area (Å²) in [5, 5.41) is 17.2. The number of aliphatic hydroxyl groups is 1. The molecule has 0 spiro atoms. The van der Waals surface area contributed by atoms with Crippen molar-refractivity contribution in [1.82, 2.24) is 4.98 Å². The maximum Gasteiger partial charge on any atom is 0.139 e. The third kappa shape index (κ3) is 2.55. The summed E-state index contributed by atoms with van der Waals surface area (Å²) in [4.78, 5) is 6.46. The van der Waals surface area contributed by atoms with E-state index in [0.29, 0.717) is 12.1 Å². The highest BCUT2D eigenvalue weighted by Gasteiger charge is 2.21. The van der Waals surface area contributed by atoms with Crippen LogP contribution >= 0.6 is 0 Å². The van der Waals surface area contributed by atoms with Gasteiger partial charge in [0.2, 0.25) is 0 Å². The van der Waals surface area contributed by atoms with Crippen molar-refractivity contribution in [2.24, 2.45) is 5.73 Å². The van der Waals surface area contributed by atoms with Crippen molar-refractivity contribution in [2.45, 2.75) is 25.9 Å². The number of nitrogens with zero attached hydrogens (tertiary/aromatic N) is 2. The largest absolute Gasteiger partial charge is 0.391 e. The van der Waals surface area contributed by atoms with Crippen LogP contribution in [0.15, 0.2) is 12.1 Å². The molecule has 2 rings (SSSR count). The molecule has 0 saturated carbocycles. The first-order chi connectivity index (χ1) is 8.08. The predicted octanol–water partition coefficient (Wildman–Crippen LogP) is 0.635. The number of nitrogen functional groups attached to an aromatic ring is 1. The molecule has 2 heterocycles. The first kappa shape index (κ1) is 11.9. The summed E-state index contributed by atoms with van der Waals surface area (Å²) in [5.41, 5.74) is 7.10. The number of aryl methyl sites for hydroxylation is 1. The van der Waals surface area contributed by atoms with Gasteiger partial charge >= 0.3 is 0 Å². The van der Waals surface area contributed by atoms with E-state index >= 15 is 0 Å². The molecule has 1 aromatic heterocycles. The number of hydrogen-bond donors (Lipinski definition) is 3. The molecule has 4 N–H and O–H groups in total. The third-order valence-electron chi connectivity index (χ3n) is 3.00. The molecular formula is C12H18N4O. The summed E-state index contributed by atoms with van der Waals surface area (Å²) in [6.45, 7) is 3.33. The second-order valence-corrected chi connectivity index (χ2v) is 4.48. The lowest BCUT2D eigenvalue weighted by molar-refractivity contribution is 0.154. The zero-order valence-corrected chi connectivity index (χ0v) is 9.98. The van der Waals surface area contributed by atoms with E-state index in [-0.39, 0.29) is 11.9 Å². The molecule has 0 amide bonds. The van der Waals surface area contributed by atoms with Gasteiger partial charge in [0.1, 0.15) is 11.7 Å². The predicted molar refractivity (Wildman–Crippen MR) is 67.4 cm³/mol. The van der Waals surface area contributed by atoms with E-state index < -0.39 is 0 Å². The van der Waals surface area contributed by atoms with Gasteiger partial charge in [-0.15, -0.1) is 0 Å². The Hall–Kier alpha value is -1.62. The van der Waals surface area contributed by atoms with Crippen molar-refractivity contribution in [3.63, 3.8) is 0 Å². The summed E-state index contributed by atoms with van der Waals surface area (Å²) < 4.78 is 0. The third-order valence-corrected chi connectivity index (χ3v) is 3.00. The van der Waals surface area contributed by atoms with Gasteiger partial charge < -0.3 is 15.7 Å². The van der Waals surface area contributed by atoms with Gasteiger partial charge in [-0.25, -0.2) is 4.98 Å². The number of amidine groups is 1. The molecule has 1 aromatic rings. The van der Waals surface area contributed by atoms with Crippen molar-refractivity contribution >= 4 is 11.7 Å². The Kier molecular flexibility index (Phi) is 3.28. The Labute approximate surface area is 101 Å². The number of piperidine rings is 1. The number of anilines is 1. The Morgan fingerprint density at radius 1 is 1.59 bits per heavy atom. The fourth-order valence-electron chi connectivity index (χ4n) is 2.14. The molecule has 0 aliphatic carbocycles. The topological polar surface area (TPSA) is 86.2 Å². The van der Waals surface area contributed by atoms with Gasteiger partial charge in [0.05, 0.1) is 11.7 Å². The van der Waals surface area contributed by atoms with Crippen LogP contribution in [0.5, 0.6) is 0 Å². The van der Waals surface area contributed by atoms with Gasteiger partial charge in [0.25, 0.3) is 0 Å². The molecule has 0 bridgehead atoms. The van der Waals surface area contributed by atoms with Gasteiger partial charge in [-0.2, -0.15) is 0 Å². The fraction of sp³-hybridized carbons (Fsp3) is 0.500. The summed E-state index contributed by atoms with van der Waals surface area (Å²) >= 11 is 0. The molecule has 5 heteroatoms. The van der Waals surface area contributed by atoms with Gasteiger partial charge in [-0.05, 0) is 31.9 Å². The normalized spacial score (nSPS) is 20.4. The van der Waals surface area contributed by atoms with E-state index in [9.17, 15) is 5.11 Å². The highest BCUT2D eigenvalue weighted by Crippen LogP contribution is 2.22. The molecule has 0 aromatic carbocycles. The number of rotatable bonds is 2. The van der Waals surface area contributed by atoms with Crippen LogP contribution in [0.3, 0.4) is 0 Å². The molecular weight excluding hydrogens is 216 g/mol. The number of aromatic nitrogens is 1. The lowest BCUT2D eigenvalue weighted by Gasteiger charge is -2.32. The number of β-amino-alcohol motifs (C(OH)–C–C–N with tert-alkyl or cyclic N) is 1.